The minimum atomic E-state index is -3.86. The largest absolute Gasteiger partial charge is 0.344 e. The number of benzene rings is 1. The first-order valence-electron chi connectivity index (χ1n) is 6.16. The lowest BCUT2D eigenvalue weighted by Gasteiger charge is -2.22. The number of rotatable bonds is 8. The van der Waals surface area contributed by atoms with Gasteiger partial charge in [0.05, 0.1) is 23.7 Å². The van der Waals surface area contributed by atoms with Crippen LogP contribution in [0.2, 0.25) is 0 Å². The monoisotopic (exact) mass is 314 g/mol. The first kappa shape index (κ1) is 17.1. The number of hydrogen-bond acceptors (Lipinski definition) is 6. The van der Waals surface area contributed by atoms with Crippen LogP contribution >= 0.6 is 7.60 Å². The zero-order valence-corrected chi connectivity index (χ0v) is 12.5. The highest BCUT2D eigenvalue weighted by molar-refractivity contribution is 7.54. The van der Waals surface area contributed by atoms with Crippen molar-refractivity contribution in [3.8, 4) is 0 Å². The molecule has 0 radical (unpaired) electrons. The number of azide groups is 1. The fourth-order valence-corrected chi connectivity index (χ4v) is 3.56. The van der Waals surface area contributed by atoms with E-state index in [4.69, 9.17) is 14.6 Å². The van der Waals surface area contributed by atoms with Gasteiger partial charge in [0.1, 0.15) is 0 Å². The van der Waals surface area contributed by atoms with Gasteiger partial charge in [-0.3, -0.25) is 14.7 Å². The van der Waals surface area contributed by atoms with Crippen molar-refractivity contribution >= 4 is 13.3 Å². The van der Waals surface area contributed by atoms with Crippen LogP contribution in [0.1, 0.15) is 25.2 Å². The number of hydrogen-bond donors (Lipinski definition) is 0. The molecular weight excluding hydrogens is 299 g/mol. The van der Waals surface area contributed by atoms with Crippen LogP contribution in [-0.4, -0.2) is 18.1 Å². The summed E-state index contributed by atoms with van der Waals surface area (Å²) in [6.45, 7) is 3.29. The maximum Gasteiger partial charge on any atom is 0.344 e. The molecule has 0 aliphatic rings. The molecule has 1 rings (SSSR count). The molecule has 9 nitrogen and oxygen atoms in total. The lowest BCUT2D eigenvalue weighted by atomic mass is 10.2. The van der Waals surface area contributed by atoms with Gasteiger partial charge >= 0.3 is 7.60 Å². The summed E-state index contributed by atoms with van der Waals surface area (Å²) in [4.78, 5) is 13.0. The summed E-state index contributed by atoms with van der Waals surface area (Å²) in [5.74, 6) is -1.41. The second kappa shape index (κ2) is 7.75. The standard InChI is InChI=1S/C11H15N4O5P/c1-3-19-21(18,20-4-2)11(13-14-12)9-7-5-6-8-10(9)15(16)17/h5-8,11H,3-4H2,1-2H3. The van der Waals surface area contributed by atoms with Crippen molar-refractivity contribution in [2.75, 3.05) is 13.2 Å². The van der Waals surface area contributed by atoms with Gasteiger partial charge in [-0.05, 0) is 19.4 Å². The van der Waals surface area contributed by atoms with Gasteiger partial charge in [-0.1, -0.05) is 23.3 Å². The molecule has 1 atom stereocenters. The Morgan fingerprint density at radius 1 is 1.38 bits per heavy atom. The summed E-state index contributed by atoms with van der Waals surface area (Å²) >= 11 is 0. The summed E-state index contributed by atoms with van der Waals surface area (Å²) in [5, 5.41) is 14.5. The zero-order chi connectivity index (χ0) is 15.9. The van der Waals surface area contributed by atoms with Gasteiger partial charge < -0.3 is 9.05 Å². The molecule has 0 heterocycles. The van der Waals surface area contributed by atoms with E-state index < -0.39 is 18.3 Å². The highest BCUT2D eigenvalue weighted by Gasteiger charge is 2.39. The molecule has 0 N–H and O–H groups in total. The molecule has 0 bridgehead atoms. The predicted octanol–water partition coefficient (Wildman–Crippen LogP) is 4.17. The molecule has 0 saturated heterocycles. The van der Waals surface area contributed by atoms with E-state index in [-0.39, 0.29) is 24.5 Å². The second-order valence-corrected chi connectivity index (χ2v) is 5.86. The van der Waals surface area contributed by atoms with Crippen molar-refractivity contribution in [1.82, 2.24) is 0 Å². The Balaban J connectivity index is 3.45. The first-order valence-corrected chi connectivity index (χ1v) is 7.77. The normalized spacial score (nSPS) is 12.5. The van der Waals surface area contributed by atoms with Crippen molar-refractivity contribution < 1.29 is 18.5 Å². The maximum absolute atomic E-state index is 12.7. The molecule has 10 heteroatoms. The van der Waals surface area contributed by atoms with E-state index in [1.807, 2.05) is 0 Å². The molecule has 0 aliphatic carbocycles. The van der Waals surface area contributed by atoms with Crippen LogP contribution in [0, 0.1) is 10.1 Å². The summed E-state index contributed by atoms with van der Waals surface area (Å²) in [6.07, 6.45) is 0. The summed E-state index contributed by atoms with van der Waals surface area (Å²) in [5.41, 5.74) is 8.36. The van der Waals surface area contributed by atoms with Crippen molar-refractivity contribution in [2.24, 2.45) is 5.11 Å². The first-order chi connectivity index (χ1) is 10.00. The molecule has 0 aliphatic heterocycles. The van der Waals surface area contributed by atoms with Gasteiger partial charge in [-0.2, -0.15) is 0 Å². The van der Waals surface area contributed by atoms with E-state index in [9.17, 15) is 14.7 Å². The van der Waals surface area contributed by atoms with E-state index in [1.165, 1.54) is 24.3 Å². The Hall–Kier alpha value is -1.92. The van der Waals surface area contributed by atoms with Gasteiger partial charge in [-0.25, -0.2) is 0 Å². The molecule has 1 aromatic rings. The smallest absolute Gasteiger partial charge is 0.308 e. The van der Waals surface area contributed by atoms with Gasteiger partial charge in [-0.15, -0.1) is 0 Å². The third-order valence-corrected chi connectivity index (χ3v) is 4.71. The Labute approximate surface area is 121 Å². The summed E-state index contributed by atoms with van der Waals surface area (Å²) in [6, 6.07) is 5.57. The topological polar surface area (TPSA) is 127 Å². The molecule has 0 amide bonds. The lowest BCUT2D eigenvalue weighted by molar-refractivity contribution is -0.385. The maximum atomic E-state index is 12.7. The van der Waals surface area contributed by atoms with Crippen molar-refractivity contribution in [1.29, 1.82) is 0 Å². The van der Waals surface area contributed by atoms with Gasteiger partial charge in [0.2, 0.25) is 0 Å². The van der Waals surface area contributed by atoms with E-state index in [2.05, 4.69) is 10.0 Å². The van der Waals surface area contributed by atoms with Gasteiger partial charge in [0.25, 0.3) is 5.69 Å². The number of nitro groups is 1. The quantitative estimate of drug-likeness (QED) is 0.178. The van der Waals surface area contributed by atoms with E-state index in [0.29, 0.717) is 0 Å². The van der Waals surface area contributed by atoms with Crippen LogP contribution in [0.3, 0.4) is 0 Å². The van der Waals surface area contributed by atoms with Crippen molar-refractivity contribution in [3.63, 3.8) is 0 Å². The molecule has 114 valence electrons. The van der Waals surface area contributed by atoms with Gasteiger partial charge in [0.15, 0.2) is 5.78 Å². The molecule has 1 aromatic carbocycles. The fraction of sp³-hybridized carbons (Fsp3) is 0.455. The zero-order valence-electron chi connectivity index (χ0n) is 11.6. The Bertz CT molecular complexity index is 592. The summed E-state index contributed by atoms with van der Waals surface area (Å²) < 4.78 is 23.0. The number of para-hydroxylation sites is 1. The number of nitro benzene ring substituents is 1. The average molecular weight is 314 g/mol. The third kappa shape index (κ3) is 4.03. The Morgan fingerprint density at radius 3 is 2.43 bits per heavy atom. The average Bonchev–Trinajstić information content (AvgIpc) is 2.45. The minimum absolute atomic E-state index is 0.00877. The van der Waals surface area contributed by atoms with E-state index >= 15 is 0 Å². The molecule has 0 spiro atoms. The van der Waals surface area contributed by atoms with E-state index in [0.717, 1.165) is 0 Å². The van der Waals surface area contributed by atoms with Crippen LogP contribution in [-0.2, 0) is 13.6 Å². The summed E-state index contributed by atoms with van der Waals surface area (Å²) in [7, 11) is -3.86. The van der Waals surface area contributed by atoms with Crippen LogP contribution in [0.5, 0.6) is 0 Å². The highest BCUT2D eigenvalue weighted by Crippen LogP contribution is 2.62. The molecular formula is C11H15N4O5P. The van der Waals surface area contributed by atoms with Gasteiger partial charge in [0, 0.05) is 11.0 Å². The minimum Gasteiger partial charge on any atom is -0.308 e. The van der Waals surface area contributed by atoms with Crippen LogP contribution in [0.25, 0.3) is 10.4 Å². The SMILES string of the molecule is CCOP(=O)(OCC)C(N=[N+]=[N-])c1ccccc1[N+](=O)[O-]. The van der Waals surface area contributed by atoms with Crippen LogP contribution in [0.4, 0.5) is 5.69 Å². The molecule has 21 heavy (non-hydrogen) atoms. The molecule has 1 unspecified atom stereocenters. The molecule has 0 aromatic heterocycles. The predicted molar refractivity (Wildman–Crippen MR) is 75.8 cm³/mol. The Morgan fingerprint density at radius 2 is 1.95 bits per heavy atom. The van der Waals surface area contributed by atoms with Crippen molar-refractivity contribution in [3.05, 3.63) is 50.4 Å². The highest BCUT2D eigenvalue weighted by atomic mass is 31.2. The molecule has 0 fully saturated rings. The second-order valence-electron chi connectivity index (χ2n) is 3.77. The Kier molecular flexibility index (Phi) is 6.33. The van der Waals surface area contributed by atoms with Crippen LogP contribution in [0.15, 0.2) is 29.4 Å². The fourth-order valence-electron chi connectivity index (χ4n) is 1.76. The lowest BCUT2D eigenvalue weighted by Crippen LogP contribution is -2.07. The van der Waals surface area contributed by atoms with E-state index in [1.54, 1.807) is 13.8 Å². The third-order valence-electron chi connectivity index (χ3n) is 2.49. The molecule has 0 saturated carbocycles. The van der Waals surface area contributed by atoms with Crippen molar-refractivity contribution in [2.45, 2.75) is 19.6 Å². The number of nitrogens with zero attached hydrogens (tertiary/aromatic N) is 4. The van der Waals surface area contributed by atoms with Crippen LogP contribution < -0.4 is 0 Å².